The molecule has 1 atom stereocenters. The molecule has 10 heteroatoms. The van der Waals surface area contributed by atoms with Crippen LogP contribution in [0, 0.1) is 0 Å². The molecule has 0 radical (unpaired) electrons. The minimum atomic E-state index is -3.30. The first-order valence-electron chi connectivity index (χ1n) is 14.1. The van der Waals surface area contributed by atoms with Crippen molar-refractivity contribution in [1.82, 2.24) is 4.98 Å². The lowest BCUT2D eigenvalue weighted by Crippen LogP contribution is -2.50. The Morgan fingerprint density at radius 3 is 2.29 bits per heavy atom. The summed E-state index contributed by atoms with van der Waals surface area (Å²) in [5.74, 6) is 0.0589. The molecule has 0 bridgehead atoms. The van der Waals surface area contributed by atoms with Gasteiger partial charge in [0.25, 0.3) is 0 Å². The molecule has 1 N–H and O–H groups in total. The van der Waals surface area contributed by atoms with Crippen molar-refractivity contribution in [2.75, 3.05) is 17.7 Å². The van der Waals surface area contributed by atoms with Crippen LogP contribution in [-0.2, 0) is 37.3 Å². The molecule has 1 aliphatic rings. The molecule has 2 aromatic carbocycles. The van der Waals surface area contributed by atoms with Gasteiger partial charge >= 0.3 is 0 Å². The Balaban J connectivity index is 1.55. The van der Waals surface area contributed by atoms with Crippen LogP contribution in [0.2, 0.25) is 23.2 Å². The predicted molar refractivity (Wildman–Crippen MR) is 170 cm³/mol. The number of Topliss-reactive ketones (excluding diaryl/α,β-unsaturated/α-hetero) is 1. The fourth-order valence-electron chi connectivity index (χ4n) is 4.81. The predicted octanol–water partition coefficient (Wildman–Crippen LogP) is 6.80. The number of anilines is 1. The largest absolute Gasteiger partial charge is 0.415 e. The second-order valence-corrected chi connectivity index (χ2v) is 20.0. The molecule has 0 spiro atoms. The quantitative estimate of drug-likeness (QED) is 0.262. The molecule has 0 saturated heterocycles. The number of benzene rings is 2. The number of nitrogens with one attached hydrogen (secondary N) is 1. The van der Waals surface area contributed by atoms with E-state index in [2.05, 4.69) is 44.2 Å². The molecule has 1 aromatic heterocycles. The lowest BCUT2D eigenvalue weighted by molar-refractivity contribution is -0.115. The van der Waals surface area contributed by atoms with Crippen molar-refractivity contribution in [1.29, 1.82) is 0 Å². The van der Waals surface area contributed by atoms with Crippen molar-refractivity contribution in [3.05, 3.63) is 88.1 Å². The van der Waals surface area contributed by atoms with E-state index in [9.17, 15) is 18.0 Å². The number of hydrogen-bond donors (Lipinski definition) is 1. The maximum atomic E-state index is 14.2. The summed E-state index contributed by atoms with van der Waals surface area (Å²) in [6.07, 6.45) is 1.13. The zero-order chi connectivity index (χ0) is 30.9. The molecule has 0 aliphatic heterocycles. The van der Waals surface area contributed by atoms with Crippen LogP contribution < -0.4 is 5.32 Å². The fraction of sp³-hybridized carbons (Fsp3) is 0.406. The maximum Gasteiger partial charge on any atom is 0.229 e. The molecular weight excluding hydrogens is 588 g/mol. The van der Waals surface area contributed by atoms with Crippen molar-refractivity contribution in [3.63, 3.8) is 0 Å². The molecule has 0 saturated carbocycles. The van der Waals surface area contributed by atoms with E-state index in [1.165, 1.54) is 12.1 Å². The van der Waals surface area contributed by atoms with Crippen LogP contribution in [-0.4, -0.2) is 45.8 Å². The highest BCUT2D eigenvalue weighted by Gasteiger charge is 2.47. The number of ketones is 1. The number of sulfone groups is 1. The van der Waals surface area contributed by atoms with Crippen molar-refractivity contribution < 1.29 is 22.4 Å². The van der Waals surface area contributed by atoms with E-state index in [1.807, 2.05) is 12.1 Å². The standard InChI is InChI=1S/C32H39ClN2O5SSi/c1-7-41(38,39)25-14-8-22(9-15-25)20-29(36)35-28-17-16-26-27(34-28)18-19-32(30(26)37,23-10-12-24(33)13-11-23)21-40-42(5,6)31(2,3)4/h8-17H,7,18-21H2,1-6H3,(H,34,35,36). The van der Waals surface area contributed by atoms with E-state index in [0.717, 1.165) is 5.56 Å². The second-order valence-electron chi connectivity index (χ2n) is 12.4. The zero-order valence-electron chi connectivity index (χ0n) is 25.1. The van der Waals surface area contributed by atoms with Gasteiger partial charge in [-0.1, -0.05) is 63.6 Å². The number of pyridine rings is 1. The molecule has 7 nitrogen and oxygen atoms in total. The summed E-state index contributed by atoms with van der Waals surface area (Å²) in [4.78, 5) is 31.9. The van der Waals surface area contributed by atoms with Crippen LogP contribution in [0.25, 0.3) is 0 Å². The van der Waals surface area contributed by atoms with Crippen LogP contribution in [0.5, 0.6) is 0 Å². The summed E-state index contributed by atoms with van der Waals surface area (Å²) in [5, 5.41) is 3.42. The first kappa shape index (κ1) is 32.1. The summed E-state index contributed by atoms with van der Waals surface area (Å²) < 4.78 is 30.7. The molecule has 1 aliphatic carbocycles. The third-order valence-corrected chi connectivity index (χ3v) is 15.1. The van der Waals surface area contributed by atoms with Crippen molar-refractivity contribution in [2.24, 2.45) is 0 Å². The number of carbonyl (C=O) groups excluding carboxylic acids is 2. The monoisotopic (exact) mass is 626 g/mol. The van der Waals surface area contributed by atoms with Gasteiger partial charge in [-0.15, -0.1) is 0 Å². The molecule has 0 fully saturated rings. The maximum absolute atomic E-state index is 14.2. The summed E-state index contributed by atoms with van der Waals surface area (Å²) in [7, 11) is -5.45. The smallest absolute Gasteiger partial charge is 0.229 e. The Hall–Kier alpha value is -2.85. The van der Waals surface area contributed by atoms with Crippen molar-refractivity contribution in [3.8, 4) is 0 Å². The molecule has 3 aromatic rings. The number of carbonyl (C=O) groups is 2. The van der Waals surface area contributed by atoms with Crippen LogP contribution in [0.15, 0.2) is 65.6 Å². The lowest BCUT2D eigenvalue weighted by Gasteiger charge is -2.42. The van der Waals surface area contributed by atoms with E-state index in [1.54, 1.807) is 43.3 Å². The number of aromatic nitrogens is 1. The fourth-order valence-corrected chi connectivity index (χ4v) is 6.86. The molecule has 1 heterocycles. The Morgan fingerprint density at radius 1 is 1.05 bits per heavy atom. The summed E-state index contributed by atoms with van der Waals surface area (Å²) in [6, 6.07) is 17.1. The summed E-state index contributed by atoms with van der Waals surface area (Å²) in [5.41, 5.74) is 1.86. The Kier molecular flexibility index (Phi) is 9.19. The van der Waals surface area contributed by atoms with Gasteiger partial charge in [0.2, 0.25) is 5.91 Å². The number of hydrogen-bond acceptors (Lipinski definition) is 6. The third kappa shape index (κ3) is 6.69. The molecule has 1 amide bonds. The lowest BCUT2D eigenvalue weighted by atomic mass is 9.68. The Labute approximate surface area is 255 Å². The summed E-state index contributed by atoms with van der Waals surface area (Å²) >= 11 is 6.19. The van der Waals surface area contributed by atoms with E-state index in [0.29, 0.717) is 40.5 Å². The van der Waals surface area contributed by atoms with Crippen LogP contribution in [0.4, 0.5) is 5.82 Å². The number of aryl methyl sites for hydroxylation is 1. The first-order valence-corrected chi connectivity index (χ1v) is 19.1. The van der Waals surface area contributed by atoms with Gasteiger partial charge in [0.1, 0.15) is 5.82 Å². The zero-order valence-corrected chi connectivity index (χ0v) is 27.7. The Morgan fingerprint density at radius 2 is 1.69 bits per heavy atom. The van der Waals surface area contributed by atoms with E-state index in [4.69, 9.17) is 16.0 Å². The molecule has 1 unspecified atom stereocenters. The van der Waals surface area contributed by atoms with E-state index in [-0.39, 0.29) is 40.4 Å². The number of amides is 1. The highest BCUT2D eigenvalue weighted by atomic mass is 35.5. The van der Waals surface area contributed by atoms with Gasteiger partial charge in [-0.2, -0.15) is 0 Å². The van der Waals surface area contributed by atoms with Gasteiger partial charge in [0.15, 0.2) is 23.9 Å². The SMILES string of the molecule is CCS(=O)(=O)c1ccc(CC(=O)Nc2ccc3c(n2)CCC(CO[Si](C)(C)C(C)(C)C)(c2ccc(Cl)cc2)C3=O)cc1. The van der Waals surface area contributed by atoms with Gasteiger partial charge in [0, 0.05) is 10.6 Å². The molecule has 4 rings (SSSR count). The van der Waals surface area contributed by atoms with Crippen LogP contribution in [0.1, 0.15) is 61.3 Å². The van der Waals surface area contributed by atoms with E-state index >= 15 is 0 Å². The van der Waals surface area contributed by atoms with Gasteiger partial charge in [-0.3, -0.25) is 9.59 Å². The van der Waals surface area contributed by atoms with E-state index < -0.39 is 23.6 Å². The van der Waals surface area contributed by atoms with Crippen molar-refractivity contribution in [2.45, 2.75) is 75.4 Å². The van der Waals surface area contributed by atoms with Gasteiger partial charge in [0.05, 0.1) is 34.8 Å². The minimum Gasteiger partial charge on any atom is -0.415 e. The highest BCUT2D eigenvalue weighted by Crippen LogP contribution is 2.43. The average molecular weight is 627 g/mol. The Bertz CT molecular complexity index is 1580. The van der Waals surface area contributed by atoms with Gasteiger partial charge < -0.3 is 9.74 Å². The summed E-state index contributed by atoms with van der Waals surface area (Å²) in [6.45, 7) is 12.8. The number of rotatable bonds is 9. The normalized spacial score (nSPS) is 17.5. The topological polar surface area (TPSA) is 102 Å². The third-order valence-electron chi connectivity index (χ3n) is 8.62. The van der Waals surface area contributed by atoms with Crippen LogP contribution >= 0.6 is 11.6 Å². The number of fused-ring (bicyclic) bond motifs is 1. The van der Waals surface area contributed by atoms with Crippen molar-refractivity contribution >= 4 is 47.3 Å². The van der Waals surface area contributed by atoms with Crippen LogP contribution in [0.3, 0.4) is 0 Å². The second kappa shape index (κ2) is 12.0. The molecular formula is C32H39ClN2O5SSi. The minimum absolute atomic E-state index is 0.00623. The molecule has 42 heavy (non-hydrogen) atoms. The highest BCUT2D eigenvalue weighted by molar-refractivity contribution is 7.91. The van der Waals surface area contributed by atoms with Gasteiger partial charge in [-0.05, 0) is 78.5 Å². The first-order chi connectivity index (χ1) is 19.6. The number of nitrogens with zero attached hydrogens (tertiary/aromatic N) is 1. The average Bonchev–Trinajstić information content (AvgIpc) is 2.93. The molecule has 224 valence electrons. The van der Waals surface area contributed by atoms with Gasteiger partial charge in [-0.25, -0.2) is 13.4 Å². The number of halogens is 1.